The number of hydrogen-bond donors (Lipinski definition) is 0. The molecule has 15 heteroatoms. The van der Waals surface area contributed by atoms with Crippen molar-refractivity contribution in [2.24, 2.45) is 0 Å². The van der Waals surface area contributed by atoms with Crippen LogP contribution in [0.3, 0.4) is 0 Å². The molecule has 0 N–H and O–H groups in total. The number of hydrogen-bond acceptors (Lipinski definition) is 4. The second kappa shape index (κ2) is 22.7. The Kier molecular flexibility index (Phi) is 17.9. The summed E-state index contributed by atoms with van der Waals surface area (Å²) in [7, 11) is -1.09. The smallest absolute Gasteiger partial charge is 0.573 e. The van der Waals surface area contributed by atoms with Crippen LogP contribution in [0.4, 0.5) is 26.3 Å². The van der Waals surface area contributed by atoms with Gasteiger partial charge in [0, 0.05) is 23.8 Å². The van der Waals surface area contributed by atoms with Gasteiger partial charge in [-0.15, -0.1) is 0 Å². The first-order valence-electron chi connectivity index (χ1n) is 17.8. The molecule has 0 aliphatic heterocycles. The maximum absolute atomic E-state index is 12.2. The van der Waals surface area contributed by atoms with Crippen LogP contribution < -0.4 is 31.4 Å². The van der Waals surface area contributed by atoms with Crippen LogP contribution in [-0.4, -0.2) is 33.5 Å². The van der Waals surface area contributed by atoms with Gasteiger partial charge in [-0.05, 0) is 84.9 Å². The van der Waals surface area contributed by atoms with Crippen LogP contribution >= 0.6 is 15.8 Å². The predicted molar refractivity (Wildman–Crippen MR) is 224 cm³/mol. The number of alkyl halides is 6. The van der Waals surface area contributed by atoms with Crippen LogP contribution in [-0.2, 0) is 32.1 Å². The summed E-state index contributed by atoms with van der Waals surface area (Å²) >= 11 is 0. The zero-order chi connectivity index (χ0) is 41.4. The molecule has 0 saturated carbocycles. The topological polar surface area (TPSA) is 79.8 Å². The van der Waals surface area contributed by atoms with Crippen molar-refractivity contribution < 1.29 is 46.1 Å². The molecular formula is C44H38F6N6OsP2+2. The summed E-state index contributed by atoms with van der Waals surface area (Å²) in [6.07, 6.45) is -5.95. The molecule has 0 aliphatic carbocycles. The minimum absolute atomic E-state index is 0. The summed E-state index contributed by atoms with van der Waals surface area (Å²) in [5.74, 6) is 0. The third-order valence-corrected chi connectivity index (χ3v) is 13.1. The molecule has 0 amide bonds. The first-order valence-corrected chi connectivity index (χ1v) is 21.8. The van der Waals surface area contributed by atoms with Gasteiger partial charge in [0.2, 0.25) is 0 Å². The van der Waals surface area contributed by atoms with Crippen LogP contribution in [0.25, 0.3) is 22.8 Å². The van der Waals surface area contributed by atoms with Crippen molar-refractivity contribution in [3.05, 3.63) is 194 Å². The quantitative estimate of drug-likeness (QED) is 0.122. The van der Waals surface area contributed by atoms with E-state index in [1.54, 1.807) is 36.4 Å². The Morgan fingerprint density at radius 3 is 0.898 bits per heavy atom. The number of nitrogens with zero attached hydrogens (tertiary/aromatic N) is 6. The van der Waals surface area contributed by atoms with Crippen molar-refractivity contribution >= 4 is 37.1 Å². The van der Waals surface area contributed by atoms with Crippen LogP contribution in [0.1, 0.15) is 11.4 Å². The average Bonchev–Trinajstić information content (AvgIpc) is 3.99. The maximum Gasteiger partial charge on any atom is 2.00 e. The van der Waals surface area contributed by atoms with Gasteiger partial charge in [-0.25, -0.2) is 0 Å². The Bertz CT molecular complexity index is 2100. The minimum atomic E-state index is -4.46. The molecular weight excluding hydrogens is 979 g/mol. The fourth-order valence-corrected chi connectivity index (χ4v) is 8.67. The van der Waals surface area contributed by atoms with E-state index < -0.39 is 39.6 Å². The van der Waals surface area contributed by atoms with Crippen molar-refractivity contribution in [1.29, 1.82) is 0 Å². The Hall–Kier alpha value is -5.32. The molecule has 59 heavy (non-hydrogen) atoms. The summed E-state index contributed by atoms with van der Waals surface area (Å²) in [4.78, 5) is 7.75. The Labute approximate surface area is 354 Å². The number of aromatic nitrogens is 6. The van der Waals surface area contributed by atoms with Crippen molar-refractivity contribution in [1.82, 2.24) is 30.4 Å². The van der Waals surface area contributed by atoms with E-state index in [1.807, 2.05) is 0 Å². The van der Waals surface area contributed by atoms with Crippen LogP contribution in [0.5, 0.6) is 0 Å². The molecule has 6 nitrogen and oxygen atoms in total. The summed E-state index contributed by atoms with van der Waals surface area (Å²) in [5, 5.41) is 18.8. The largest absolute Gasteiger partial charge is 2.00 e. The van der Waals surface area contributed by atoms with E-state index >= 15 is 0 Å². The molecule has 0 saturated heterocycles. The van der Waals surface area contributed by atoms with Gasteiger partial charge in [0.05, 0.1) is 50.4 Å². The Morgan fingerprint density at radius 1 is 0.407 bits per heavy atom. The standard InChI is InChI=1S/2C13H13P.2C9H5F3N3.Os/c2*1-14(12-8-4-2-5-9-12)13-10-6-3-7-11-13;2*10-9(11,12)8-5-7(14-15-8)6-3-1-2-4-13-6;/h2*2-11H,1H3;2*1-5H;/q;;2*-1;+2/p+2. The second-order valence-corrected chi connectivity index (χ2v) is 17.2. The third-order valence-electron chi connectivity index (χ3n) is 8.34. The van der Waals surface area contributed by atoms with Gasteiger partial charge in [-0.1, -0.05) is 96.3 Å². The van der Waals surface area contributed by atoms with Gasteiger partial charge in [0.15, 0.2) is 0 Å². The molecule has 8 aromatic rings. The summed E-state index contributed by atoms with van der Waals surface area (Å²) in [6, 6.07) is 54.6. The van der Waals surface area contributed by atoms with Crippen molar-refractivity contribution in [3.63, 3.8) is 0 Å². The van der Waals surface area contributed by atoms with Gasteiger partial charge in [-0.2, -0.15) is 26.3 Å². The average molecular weight is 1020 g/mol. The number of halogens is 6. The first kappa shape index (κ1) is 46.4. The number of pyridine rings is 2. The van der Waals surface area contributed by atoms with E-state index in [-0.39, 0.29) is 31.2 Å². The fourth-order valence-electron chi connectivity index (χ4n) is 5.23. The maximum atomic E-state index is 12.2. The van der Waals surface area contributed by atoms with E-state index in [4.69, 9.17) is 0 Å². The van der Waals surface area contributed by atoms with Gasteiger partial charge in [0.25, 0.3) is 0 Å². The van der Waals surface area contributed by atoms with Crippen molar-refractivity contribution in [2.75, 3.05) is 13.3 Å². The molecule has 302 valence electrons. The molecule has 0 aliphatic rings. The van der Waals surface area contributed by atoms with Gasteiger partial charge in [-0.3, -0.25) is 9.97 Å². The molecule has 0 bridgehead atoms. The van der Waals surface area contributed by atoms with E-state index in [2.05, 4.69) is 165 Å². The molecule has 0 atom stereocenters. The van der Waals surface area contributed by atoms with E-state index in [0.29, 0.717) is 11.4 Å². The van der Waals surface area contributed by atoms with Crippen molar-refractivity contribution in [3.8, 4) is 22.8 Å². The minimum Gasteiger partial charge on any atom is -0.573 e. The summed E-state index contributed by atoms with van der Waals surface area (Å²) in [5.41, 5.74) is -0.988. The van der Waals surface area contributed by atoms with Crippen LogP contribution in [0.2, 0.25) is 0 Å². The van der Waals surface area contributed by atoms with Gasteiger partial charge >= 0.3 is 32.1 Å². The first-order chi connectivity index (χ1) is 27.9. The SMILES string of the molecule is C[PH+](c1ccccc1)c1ccccc1.C[PH+](c1ccccc1)c1ccccc1.FC(F)(F)c1cc(-c2ccccn2)[n-]n1.FC(F)(F)c1cc(-c2ccccn2)[n-]n1.[Os+2]. The molecule has 0 spiro atoms. The van der Waals surface area contributed by atoms with Crippen molar-refractivity contribution in [2.45, 2.75) is 12.4 Å². The third kappa shape index (κ3) is 14.5. The summed E-state index contributed by atoms with van der Waals surface area (Å²) in [6.45, 7) is 4.69. The molecule has 4 aromatic heterocycles. The number of benzene rings is 4. The molecule has 4 aromatic carbocycles. The van der Waals surface area contributed by atoms with E-state index in [0.717, 1.165) is 12.1 Å². The van der Waals surface area contributed by atoms with E-state index in [1.165, 1.54) is 33.6 Å². The molecule has 0 radical (unpaired) electrons. The fraction of sp³-hybridized carbons (Fsp3) is 0.0909. The van der Waals surface area contributed by atoms with E-state index in [9.17, 15) is 26.3 Å². The Morgan fingerprint density at radius 2 is 0.678 bits per heavy atom. The van der Waals surface area contributed by atoms with Crippen LogP contribution in [0, 0.1) is 0 Å². The van der Waals surface area contributed by atoms with Crippen LogP contribution in [0.15, 0.2) is 182 Å². The van der Waals surface area contributed by atoms with Gasteiger partial charge < -0.3 is 20.4 Å². The normalized spacial score (nSPS) is 10.9. The summed E-state index contributed by atoms with van der Waals surface area (Å²) < 4.78 is 73.2. The molecule has 4 heterocycles. The molecule has 8 rings (SSSR count). The van der Waals surface area contributed by atoms with Gasteiger partial charge in [0.1, 0.15) is 11.4 Å². The number of rotatable bonds is 6. The molecule has 0 unspecified atom stereocenters. The zero-order valence-electron chi connectivity index (χ0n) is 31.6. The zero-order valence-corrected chi connectivity index (χ0v) is 36.2. The monoisotopic (exact) mass is 1020 g/mol. The second-order valence-electron chi connectivity index (χ2n) is 12.4. The molecule has 0 fully saturated rings. The Balaban J connectivity index is 0.000000173. The predicted octanol–water partition coefficient (Wildman–Crippen LogP) is 9.20.